The first-order chi connectivity index (χ1) is 10.7. The van der Waals surface area contributed by atoms with Gasteiger partial charge in [0, 0.05) is 44.3 Å². The zero-order valence-corrected chi connectivity index (χ0v) is 13.5. The van der Waals surface area contributed by atoms with Crippen LogP contribution in [0.25, 0.3) is 4.96 Å². The normalized spacial score (nSPS) is 11.2. The third kappa shape index (κ3) is 3.01. The van der Waals surface area contributed by atoms with Gasteiger partial charge in [-0.2, -0.15) is 4.52 Å². The van der Waals surface area contributed by atoms with Crippen LogP contribution in [0.5, 0.6) is 0 Å². The minimum atomic E-state index is -0.115. The van der Waals surface area contributed by atoms with E-state index in [4.69, 9.17) is 0 Å². The van der Waals surface area contributed by atoms with E-state index in [1.807, 2.05) is 31.1 Å². The summed E-state index contributed by atoms with van der Waals surface area (Å²) in [5.74, 6) is 0. The topological polar surface area (TPSA) is 68.3 Å². The molecule has 0 atom stereocenters. The summed E-state index contributed by atoms with van der Waals surface area (Å²) in [4.78, 5) is 23.2. The van der Waals surface area contributed by atoms with Crippen LogP contribution in [0.3, 0.4) is 0 Å². The molecule has 0 aliphatic heterocycles. The third-order valence-corrected chi connectivity index (χ3v) is 4.47. The molecule has 0 saturated heterocycles. The van der Waals surface area contributed by atoms with Crippen molar-refractivity contribution in [3.8, 4) is 0 Å². The predicted molar refractivity (Wildman–Crippen MR) is 86.6 cm³/mol. The molecule has 0 aliphatic rings. The van der Waals surface area contributed by atoms with Crippen LogP contribution in [0.2, 0.25) is 0 Å². The van der Waals surface area contributed by atoms with E-state index in [1.54, 1.807) is 12.3 Å². The highest BCUT2D eigenvalue weighted by molar-refractivity contribution is 7.20. The zero-order chi connectivity index (χ0) is 15.5. The van der Waals surface area contributed by atoms with Gasteiger partial charge in [-0.1, -0.05) is 18.3 Å². The van der Waals surface area contributed by atoms with Gasteiger partial charge >= 0.3 is 0 Å². The van der Waals surface area contributed by atoms with Crippen LogP contribution >= 0.6 is 11.3 Å². The quantitative estimate of drug-likeness (QED) is 0.688. The molecule has 3 heterocycles. The second-order valence-corrected chi connectivity index (χ2v) is 6.03. The van der Waals surface area contributed by atoms with Gasteiger partial charge in [0.2, 0.25) is 10.1 Å². The molecule has 22 heavy (non-hydrogen) atoms. The Balaban J connectivity index is 1.72. The van der Waals surface area contributed by atoms with Crippen molar-refractivity contribution in [2.75, 3.05) is 18.5 Å². The first-order valence-corrected chi connectivity index (χ1v) is 8.05. The molecule has 0 fully saturated rings. The fourth-order valence-electron chi connectivity index (χ4n) is 2.19. The molecule has 0 amide bonds. The molecular formula is C14H18N6OS. The van der Waals surface area contributed by atoms with Crippen LogP contribution in [0.1, 0.15) is 19.0 Å². The lowest BCUT2D eigenvalue weighted by Gasteiger charge is -2.14. The van der Waals surface area contributed by atoms with Crippen molar-refractivity contribution in [3.05, 3.63) is 40.8 Å². The van der Waals surface area contributed by atoms with Crippen LogP contribution in [0, 0.1) is 0 Å². The number of fused-ring (bicyclic) bond motifs is 1. The van der Waals surface area contributed by atoms with Crippen LogP contribution in [-0.4, -0.2) is 37.7 Å². The van der Waals surface area contributed by atoms with E-state index in [-0.39, 0.29) is 5.56 Å². The van der Waals surface area contributed by atoms with Crippen molar-refractivity contribution in [1.29, 1.82) is 0 Å². The van der Waals surface area contributed by atoms with Gasteiger partial charge in [0.1, 0.15) is 0 Å². The van der Waals surface area contributed by atoms with Crippen LogP contribution in [-0.2, 0) is 13.0 Å². The zero-order valence-electron chi connectivity index (χ0n) is 12.6. The maximum Gasteiger partial charge on any atom is 0.275 e. The van der Waals surface area contributed by atoms with Crippen LogP contribution < -0.4 is 10.5 Å². The summed E-state index contributed by atoms with van der Waals surface area (Å²) in [6.45, 7) is 3.75. The van der Waals surface area contributed by atoms with Crippen LogP contribution in [0.15, 0.2) is 29.6 Å². The number of rotatable bonds is 6. The molecule has 0 N–H and O–H groups in total. The number of anilines is 1. The summed E-state index contributed by atoms with van der Waals surface area (Å²) in [6.07, 6.45) is 7.27. The molecule has 0 spiro atoms. The van der Waals surface area contributed by atoms with Crippen molar-refractivity contribution in [2.45, 2.75) is 26.3 Å². The molecule has 0 saturated carbocycles. The van der Waals surface area contributed by atoms with Gasteiger partial charge in [-0.25, -0.2) is 9.97 Å². The summed E-state index contributed by atoms with van der Waals surface area (Å²) < 4.78 is 3.43. The van der Waals surface area contributed by atoms with E-state index in [1.165, 1.54) is 15.9 Å². The highest BCUT2D eigenvalue weighted by atomic mass is 32.1. The fourth-order valence-corrected chi connectivity index (χ4v) is 3.10. The lowest BCUT2D eigenvalue weighted by atomic mass is 10.3. The Morgan fingerprint density at radius 3 is 3.00 bits per heavy atom. The Hall–Kier alpha value is -2.22. The van der Waals surface area contributed by atoms with E-state index < -0.39 is 0 Å². The fraction of sp³-hybridized carbons (Fsp3) is 0.429. The van der Waals surface area contributed by atoms with Crippen LogP contribution in [0.4, 0.5) is 5.13 Å². The number of nitrogens with zero attached hydrogens (tertiary/aromatic N) is 6. The number of hydrogen-bond donors (Lipinski definition) is 0. The van der Waals surface area contributed by atoms with Gasteiger partial charge < -0.3 is 9.47 Å². The summed E-state index contributed by atoms with van der Waals surface area (Å²) in [5.41, 5.74) is 0.694. The molecule has 7 nitrogen and oxygen atoms in total. The lowest BCUT2D eigenvalue weighted by molar-refractivity contribution is 0.635. The predicted octanol–water partition coefficient (Wildman–Crippen LogP) is 1.44. The molecule has 0 radical (unpaired) electrons. The number of aromatic nitrogens is 5. The lowest BCUT2D eigenvalue weighted by Crippen LogP contribution is -2.21. The van der Waals surface area contributed by atoms with E-state index in [0.29, 0.717) is 4.96 Å². The molecule has 0 bridgehead atoms. The van der Waals surface area contributed by atoms with Crippen molar-refractivity contribution < 1.29 is 0 Å². The summed E-state index contributed by atoms with van der Waals surface area (Å²) in [6, 6.07) is 1.55. The first kappa shape index (κ1) is 14.7. The molecule has 3 rings (SSSR count). The molecule has 8 heteroatoms. The molecule has 3 aromatic heterocycles. The van der Waals surface area contributed by atoms with Crippen molar-refractivity contribution in [2.24, 2.45) is 0 Å². The van der Waals surface area contributed by atoms with Crippen molar-refractivity contribution >= 4 is 21.4 Å². The highest BCUT2D eigenvalue weighted by Gasteiger charge is 2.11. The Kier molecular flexibility index (Phi) is 4.19. The summed E-state index contributed by atoms with van der Waals surface area (Å²) >= 11 is 1.44. The Morgan fingerprint density at radius 1 is 1.41 bits per heavy atom. The summed E-state index contributed by atoms with van der Waals surface area (Å²) in [7, 11) is 1.98. The SMILES string of the molecule is CCc1cc(=O)n2nc(N(C)CCCn3ccnc3)sc2n1. The monoisotopic (exact) mass is 318 g/mol. The number of imidazole rings is 1. The standard InChI is InChI=1S/C14H18N6OS/c1-3-11-9-12(21)20-13(16-11)22-14(17-20)18(2)6-4-7-19-8-5-15-10-19/h5,8-10H,3-4,6-7H2,1-2H3. The molecule has 3 aromatic rings. The Bertz CT molecular complexity index is 806. The third-order valence-electron chi connectivity index (χ3n) is 3.45. The first-order valence-electron chi connectivity index (χ1n) is 7.24. The second-order valence-electron chi connectivity index (χ2n) is 5.09. The van der Waals surface area contributed by atoms with Gasteiger partial charge in [-0.3, -0.25) is 4.79 Å². The molecule has 0 aliphatic carbocycles. The van der Waals surface area contributed by atoms with Crippen molar-refractivity contribution in [1.82, 2.24) is 24.1 Å². The van der Waals surface area contributed by atoms with Gasteiger partial charge in [0.25, 0.3) is 5.56 Å². The number of hydrogen-bond acceptors (Lipinski definition) is 6. The highest BCUT2D eigenvalue weighted by Crippen LogP contribution is 2.20. The van der Waals surface area contributed by atoms with E-state index in [2.05, 4.69) is 20.0 Å². The van der Waals surface area contributed by atoms with Gasteiger partial charge in [0.05, 0.1) is 6.33 Å². The van der Waals surface area contributed by atoms with E-state index in [9.17, 15) is 4.79 Å². The molecule has 0 unspecified atom stereocenters. The van der Waals surface area contributed by atoms with Gasteiger partial charge in [0.15, 0.2) is 0 Å². The van der Waals surface area contributed by atoms with Crippen molar-refractivity contribution in [3.63, 3.8) is 0 Å². The average molecular weight is 318 g/mol. The Labute approximate surface area is 131 Å². The maximum atomic E-state index is 12.0. The minimum absolute atomic E-state index is 0.115. The van der Waals surface area contributed by atoms with Gasteiger partial charge in [-0.05, 0) is 12.8 Å². The largest absolute Gasteiger partial charge is 0.350 e. The van der Waals surface area contributed by atoms with Gasteiger partial charge in [-0.15, -0.1) is 5.10 Å². The molecule has 116 valence electrons. The van der Waals surface area contributed by atoms with E-state index in [0.717, 1.165) is 36.8 Å². The molecule has 0 aromatic carbocycles. The Morgan fingerprint density at radius 2 is 2.27 bits per heavy atom. The minimum Gasteiger partial charge on any atom is -0.350 e. The average Bonchev–Trinajstić information content (AvgIpc) is 3.16. The molecular weight excluding hydrogens is 300 g/mol. The smallest absolute Gasteiger partial charge is 0.275 e. The number of aryl methyl sites for hydroxylation is 2. The maximum absolute atomic E-state index is 12.0. The second kappa shape index (κ2) is 6.27. The summed E-state index contributed by atoms with van der Waals surface area (Å²) in [5, 5.41) is 5.18. The van der Waals surface area contributed by atoms with E-state index >= 15 is 0 Å².